The molecule has 4 heteroatoms. The number of hydrogen-bond acceptors (Lipinski definition) is 3. The molecule has 2 aromatic heterocycles. The van der Waals surface area contributed by atoms with E-state index in [1.54, 1.807) is 11.3 Å². The summed E-state index contributed by atoms with van der Waals surface area (Å²) < 4.78 is 5.78. The summed E-state index contributed by atoms with van der Waals surface area (Å²) in [4.78, 5) is 14.6. The van der Waals surface area contributed by atoms with Crippen molar-refractivity contribution in [1.82, 2.24) is 4.98 Å². The van der Waals surface area contributed by atoms with Crippen molar-refractivity contribution >= 4 is 27.5 Å². The van der Waals surface area contributed by atoms with Crippen LogP contribution in [-0.4, -0.2) is 18.1 Å². The smallest absolute Gasteiger partial charge is 0.354 e. The highest BCUT2D eigenvalue weighted by Gasteiger charge is 2.14. The van der Waals surface area contributed by atoms with Crippen molar-refractivity contribution in [2.45, 2.75) is 0 Å². The van der Waals surface area contributed by atoms with Crippen LogP contribution >= 0.6 is 11.3 Å². The molecule has 1 N–H and O–H groups in total. The average Bonchev–Trinajstić information content (AvgIpc) is 2.98. The maximum absolute atomic E-state index is 11.5. The molecule has 3 nitrogen and oxygen atoms in total. The number of thiophene rings is 1. The van der Waals surface area contributed by atoms with Crippen molar-refractivity contribution in [3.8, 4) is 11.1 Å². The van der Waals surface area contributed by atoms with Gasteiger partial charge in [-0.3, -0.25) is 0 Å². The summed E-state index contributed by atoms with van der Waals surface area (Å²) in [6, 6.07) is 11.9. The van der Waals surface area contributed by atoms with Gasteiger partial charge in [-0.05, 0) is 11.6 Å². The molecule has 3 aromatic rings. The molecule has 0 aliphatic rings. The van der Waals surface area contributed by atoms with E-state index in [9.17, 15) is 4.79 Å². The summed E-state index contributed by atoms with van der Waals surface area (Å²) in [5.41, 5.74) is 3.75. The number of rotatable bonds is 2. The van der Waals surface area contributed by atoms with Gasteiger partial charge < -0.3 is 9.72 Å². The molecule has 0 fully saturated rings. The van der Waals surface area contributed by atoms with Crippen molar-refractivity contribution in [2.24, 2.45) is 0 Å². The van der Waals surface area contributed by atoms with Crippen molar-refractivity contribution in [1.29, 1.82) is 0 Å². The van der Waals surface area contributed by atoms with E-state index < -0.39 is 0 Å². The Hall–Kier alpha value is -2.07. The molecule has 0 saturated heterocycles. The monoisotopic (exact) mass is 257 g/mol. The van der Waals surface area contributed by atoms with Crippen LogP contribution in [-0.2, 0) is 4.74 Å². The topological polar surface area (TPSA) is 42.1 Å². The SMILES string of the molecule is COC(=O)c1cc2scc(-c3ccccc3)c2[nH]1. The number of H-pyrrole nitrogens is 1. The molecular weight excluding hydrogens is 246 g/mol. The van der Waals surface area contributed by atoms with Gasteiger partial charge in [0, 0.05) is 10.9 Å². The second-order valence-corrected chi connectivity index (χ2v) is 4.84. The molecule has 1 aromatic carbocycles. The van der Waals surface area contributed by atoms with Gasteiger partial charge in [-0.1, -0.05) is 30.3 Å². The molecule has 0 saturated carbocycles. The van der Waals surface area contributed by atoms with Gasteiger partial charge in [-0.25, -0.2) is 4.79 Å². The molecule has 90 valence electrons. The largest absolute Gasteiger partial charge is 0.464 e. The third kappa shape index (κ3) is 1.71. The predicted molar refractivity (Wildman–Crippen MR) is 73.0 cm³/mol. The minimum absolute atomic E-state index is 0.336. The average molecular weight is 257 g/mol. The zero-order valence-electron chi connectivity index (χ0n) is 9.77. The Morgan fingerprint density at radius 3 is 2.78 bits per heavy atom. The van der Waals surface area contributed by atoms with Gasteiger partial charge in [-0.15, -0.1) is 11.3 Å². The van der Waals surface area contributed by atoms with E-state index in [1.807, 2.05) is 24.3 Å². The third-order valence-corrected chi connectivity index (χ3v) is 3.77. The zero-order chi connectivity index (χ0) is 12.5. The minimum Gasteiger partial charge on any atom is -0.464 e. The maximum atomic E-state index is 11.5. The lowest BCUT2D eigenvalue weighted by atomic mass is 10.1. The summed E-state index contributed by atoms with van der Waals surface area (Å²) in [7, 11) is 1.38. The summed E-state index contributed by atoms with van der Waals surface area (Å²) >= 11 is 1.62. The van der Waals surface area contributed by atoms with Gasteiger partial charge in [0.1, 0.15) is 5.69 Å². The Bertz CT molecular complexity index is 697. The molecule has 0 bridgehead atoms. The number of aromatic amines is 1. The number of nitrogens with one attached hydrogen (secondary N) is 1. The number of ether oxygens (including phenoxy) is 1. The van der Waals surface area contributed by atoms with Crippen LogP contribution in [0.2, 0.25) is 0 Å². The Labute approximate surface area is 108 Å². The van der Waals surface area contributed by atoms with Gasteiger partial charge in [0.2, 0.25) is 0 Å². The van der Waals surface area contributed by atoms with Crippen LogP contribution in [0.5, 0.6) is 0 Å². The molecule has 3 rings (SSSR count). The lowest BCUT2D eigenvalue weighted by molar-refractivity contribution is 0.0595. The summed E-state index contributed by atoms with van der Waals surface area (Å²) in [6.45, 7) is 0. The normalized spacial score (nSPS) is 10.7. The second-order valence-electron chi connectivity index (χ2n) is 3.93. The first kappa shape index (κ1) is 11.0. The van der Waals surface area contributed by atoms with Crippen LogP contribution in [0.3, 0.4) is 0 Å². The Morgan fingerprint density at radius 1 is 1.28 bits per heavy atom. The quantitative estimate of drug-likeness (QED) is 0.711. The van der Waals surface area contributed by atoms with E-state index in [-0.39, 0.29) is 5.97 Å². The van der Waals surface area contributed by atoms with E-state index >= 15 is 0 Å². The number of aromatic nitrogens is 1. The summed E-state index contributed by atoms with van der Waals surface area (Å²) in [5, 5.41) is 2.09. The molecule has 0 radical (unpaired) electrons. The highest BCUT2D eigenvalue weighted by molar-refractivity contribution is 7.17. The zero-order valence-corrected chi connectivity index (χ0v) is 10.6. The van der Waals surface area contributed by atoms with Gasteiger partial charge in [0.15, 0.2) is 0 Å². The van der Waals surface area contributed by atoms with Crippen molar-refractivity contribution < 1.29 is 9.53 Å². The Morgan fingerprint density at radius 2 is 2.06 bits per heavy atom. The Kier molecular flexibility index (Phi) is 2.64. The second kappa shape index (κ2) is 4.31. The van der Waals surface area contributed by atoms with Gasteiger partial charge in [-0.2, -0.15) is 0 Å². The lowest BCUT2D eigenvalue weighted by Gasteiger charge is -1.97. The fraction of sp³-hybridized carbons (Fsp3) is 0.0714. The fourth-order valence-corrected chi connectivity index (χ4v) is 2.92. The highest BCUT2D eigenvalue weighted by atomic mass is 32.1. The van der Waals surface area contributed by atoms with Crippen LogP contribution in [0.25, 0.3) is 21.3 Å². The number of carbonyl (C=O) groups excluding carboxylic acids is 1. The summed E-state index contributed by atoms with van der Waals surface area (Å²) in [6.07, 6.45) is 0. The first-order valence-electron chi connectivity index (χ1n) is 5.53. The molecule has 0 aliphatic carbocycles. The molecular formula is C14H11NO2S. The van der Waals surface area contributed by atoms with Gasteiger partial charge in [0.25, 0.3) is 0 Å². The highest BCUT2D eigenvalue weighted by Crippen LogP contribution is 2.33. The van der Waals surface area contributed by atoms with Crippen LogP contribution in [0.15, 0.2) is 41.8 Å². The number of benzene rings is 1. The van der Waals surface area contributed by atoms with Crippen LogP contribution < -0.4 is 0 Å². The first-order chi connectivity index (χ1) is 8.79. The van der Waals surface area contributed by atoms with Crippen LogP contribution in [0.1, 0.15) is 10.5 Å². The van der Waals surface area contributed by atoms with E-state index in [0.717, 1.165) is 21.3 Å². The molecule has 0 unspecified atom stereocenters. The van der Waals surface area contributed by atoms with E-state index in [0.29, 0.717) is 5.69 Å². The van der Waals surface area contributed by atoms with E-state index in [1.165, 1.54) is 7.11 Å². The Balaban J connectivity index is 2.14. The maximum Gasteiger partial charge on any atom is 0.354 e. The van der Waals surface area contributed by atoms with Gasteiger partial charge in [0.05, 0.1) is 17.3 Å². The first-order valence-corrected chi connectivity index (χ1v) is 6.41. The minimum atomic E-state index is -0.336. The van der Waals surface area contributed by atoms with Crippen molar-refractivity contribution in [2.75, 3.05) is 7.11 Å². The molecule has 2 heterocycles. The number of methoxy groups -OCH3 is 1. The number of esters is 1. The lowest BCUT2D eigenvalue weighted by Crippen LogP contribution is -2.00. The van der Waals surface area contributed by atoms with Crippen molar-refractivity contribution in [3.63, 3.8) is 0 Å². The number of hydrogen-bond donors (Lipinski definition) is 1. The van der Waals surface area contributed by atoms with Gasteiger partial charge >= 0.3 is 5.97 Å². The molecule has 0 atom stereocenters. The van der Waals surface area contributed by atoms with Crippen LogP contribution in [0.4, 0.5) is 0 Å². The van der Waals surface area contributed by atoms with E-state index in [4.69, 9.17) is 4.74 Å². The molecule has 0 amide bonds. The van der Waals surface area contributed by atoms with Crippen LogP contribution in [0, 0.1) is 0 Å². The molecule has 18 heavy (non-hydrogen) atoms. The standard InChI is InChI=1S/C14H11NO2S/c1-17-14(16)11-7-12-13(15-11)10(8-18-12)9-5-3-2-4-6-9/h2-8,15H,1H3. The van der Waals surface area contributed by atoms with Crippen molar-refractivity contribution in [3.05, 3.63) is 47.5 Å². The molecule has 0 spiro atoms. The van der Waals surface area contributed by atoms with E-state index in [2.05, 4.69) is 22.5 Å². The number of fused-ring (bicyclic) bond motifs is 1. The summed E-state index contributed by atoms with van der Waals surface area (Å²) in [5.74, 6) is -0.336. The predicted octanol–water partition coefficient (Wildman–Crippen LogP) is 3.68. The third-order valence-electron chi connectivity index (χ3n) is 2.84. The fourth-order valence-electron chi connectivity index (χ4n) is 1.96. The molecule has 0 aliphatic heterocycles. The number of carbonyl (C=O) groups is 1.